The Morgan fingerprint density at radius 2 is 1.82 bits per heavy atom. The van der Waals surface area contributed by atoms with E-state index in [0.29, 0.717) is 6.61 Å². The van der Waals surface area contributed by atoms with Crippen molar-refractivity contribution >= 4 is 11.8 Å². The molecule has 3 heteroatoms. The summed E-state index contributed by atoms with van der Waals surface area (Å²) >= 11 is 0. The van der Waals surface area contributed by atoms with Gasteiger partial charge in [-0.25, -0.2) is 4.79 Å². The van der Waals surface area contributed by atoms with Crippen molar-refractivity contribution in [1.82, 2.24) is 0 Å². The Hall–Kier alpha value is -1.51. The maximum Gasteiger partial charge on any atom is 0.411 e. The van der Waals surface area contributed by atoms with Gasteiger partial charge < -0.3 is 4.74 Å². The zero-order chi connectivity index (χ0) is 12.3. The van der Waals surface area contributed by atoms with Crippen LogP contribution < -0.4 is 5.32 Å². The molecule has 1 rings (SSSR count). The number of para-hydroxylation sites is 1. The number of anilines is 1. The molecule has 0 saturated heterocycles. The summed E-state index contributed by atoms with van der Waals surface area (Å²) in [6.07, 6.45) is 5.42. The number of unbranched alkanes of at least 4 members (excludes halogenated alkanes) is 4. The second-order valence-corrected chi connectivity index (χ2v) is 4.04. The lowest BCUT2D eigenvalue weighted by Crippen LogP contribution is -2.14. The molecule has 1 amide bonds. The largest absolute Gasteiger partial charge is 0.449 e. The highest BCUT2D eigenvalue weighted by Crippen LogP contribution is 2.06. The van der Waals surface area contributed by atoms with Gasteiger partial charge in [0.2, 0.25) is 0 Å². The highest BCUT2D eigenvalue weighted by molar-refractivity contribution is 5.84. The van der Waals surface area contributed by atoms with E-state index in [1.165, 1.54) is 19.3 Å². The van der Waals surface area contributed by atoms with Crippen LogP contribution in [0.3, 0.4) is 0 Å². The third kappa shape index (κ3) is 6.61. The van der Waals surface area contributed by atoms with Gasteiger partial charge in [-0.1, -0.05) is 50.8 Å². The van der Waals surface area contributed by atoms with Crippen molar-refractivity contribution in [2.24, 2.45) is 0 Å². The van der Waals surface area contributed by atoms with E-state index in [-0.39, 0.29) is 6.09 Å². The molecule has 94 valence electrons. The monoisotopic (exact) mass is 235 g/mol. The second kappa shape index (κ2) is 8.62. The third-order valence-electron chi connectivity index (χ3n) is 2.50. The highest BCUT2D eigenvalue weighted by Gasteiger charge is 2.01. The minimum absolute atomic E-state index is 0.369. The van der Waals surface area contributed by atoms with Crippen LogP contribution in [-0.2, 0) is 4.74 Å². The maximum absolute atomic E-state index is 11.4. The molecule has 0 unspecified atom stereocenters. The summed E-state index contributed by atoms with van der Waals surface area (Å²) in [7, 11) is 0. The van der Waals surface area contributed by atoms with Crippen LogP contribution in [0.25, 0.3) is 0 Å². The molecule has 0 heterocycles. The van der Waals surface area contributed by atoms with Gasteiger partial charge in [-0.3, -0.25) is 5.32 Å². The van der Waals surface area contributed by atoms with Crippen LogP contribution in [0.1, 0.15) is 39.0 Å². The van der Waals surface area contributed by atoms with Crippen LogP contribution in [0.15, 0.2) is 30.3 Å². The Bertz CT molecular complexity index is 311. The number of amides is 1. The Kier molecular flexibility index (Phi) is 6.87. The molecular weight excluding hydrogens is 214 g/mol. The molecule has 0 aliphatic carbocycles. The fraction of sp³-hybridized carbons (Fsp3) is 0.500. The van der Waals surface area contributed by atoms with Crippen molar-refractivity contribution in [3.8, 4) is 0 Å². The number of carbonyl (C=O) groups is 1. The first-order valence-electron chi connectivity index (χ1n) is 6.31. The van der Waals surface area contributed by atoms with Gasteiger partial charge in [-0.2, -0.15) is 0 Å². The van der Waals surface area contributed by atoms with Crippen LogP contribution in [0.2, 0.25) is 0 Å². The number of nitrogens with one attached hydrogen (secondary N) is 1. The normalized spacial score (nSPS) is 9.94. The molecule has 1 N–H and O–H groups in total. The highest BCUT2D eigenvalue weighted by atomic mass is 16.5. The van der Waals surface area contributed by atoms with Gasteiger partial charge in [0.05, 0.1) is 6.61 Å². The standard InChI is InChI=1S/C14H21NO2/c1-2-3-4-5-9-12-17-14(16)15-13-10-7-6-8-11-13/h6-8,10-11H,2-5,9,12H2,1H3,(H,15,16). The van der Waals surface area contributed by atoms with Crippen LogP contribution in [0.5, 0.6) is 0 Å². The summed E-state index contributed by atoms with van der Waals surface area (Å²) in [5.74, 6) is 0. The summed E-state index contributed by atoms with van der Waals surface area (Å²) in [5, 5.41) is 2.68. The fourth-order valence-corrected chi connectivity index (χ4v) is 1.55. The molecule has 3 nitrogen and oxygen atoms in total. The number of carbonyl (C=O) groups excluding carboxylic acids is 1. The first-order valence-corrected chi connectivity index (χ1v) is 6.31. The Morgan fingerprint density at radius 1 is 1.12 bits per heavy atom. The van der Waals surface area contributed by atoms with Crippen LogP contribution in [-0.4, -0.2) is 12.7 Å². The Morgan fingerprint density at radius 3 is 2.53 bits per heavy atom. The molecular formula is C14H21NO2. The van der Waals surface area contributed by atoms with E-state index in [1.807, 2.05) is 30.3 Å². The first kappa shape index (κ1) is 13.6. The number of ether oxygens (including phenoxy) is 1. The summed E-state index contributed by atoms with van der Waals surface area (Å²) in [5.41, 5.74) is 0.767. The zero-order valence-corrected chi connectivity index (χ0v) is 10.4. The minimum atomic E-state index is -0.369. The second-order valence-electron chi connectivity index (χ2n) is 4.04. The van der Waals surface area contributed by atoms with Crippen LogP contribution >= 0.6 is 0 Å². The minimum Gasteiger partial charge on any atom is -0.449 e. The van der Waals surface area contributed by atoms with E-state index < -0.39 is 0 Å². The molecule has 0 aliphatic heterocycles. The topological polar surface area (TPSA) is 38.3 Å². The molecule has 0 fully saturated rings. The smallest absolute Gasteiger partial charge is 0.411 e. The van der Waals surface area contributed by atoms with Crippen molar-refractivity contribution in [3.63, 3.8) is 0 Å². The van der Waals surface area contributed by atoms with E-state index in [2.05, 4.69) is 12.2 Å². The van der Waals surface area contributed by atoms with Gasteiger partial charge in [0.25, 0.3) is 0 Å². The Labute approximate surface area is 103 Å². The predicted molar refractivity (Wildman–Crippen MR) is 70.2 cm³/mol. The molecule has 1 aromatic carbocycles. The van der Waals surface area contributed by atoms with Crippen LogP contribution in [0, 0.1) is 0 Å². The average molecular weight is 235 g/mol. The number of hydrogen-bond donors (Lipinski definition) is 1. The maximum atomic E-state index is 11.4. The predicted octanol–water partition coefficient (Wildman–Crippen LogP) is 4.21. The SMILES string of the molecule is CCCCCCCOC(=O)Nc1ccccc1. The summed E-state index contributed by atoms with van der Waals surface area (Å²) in [6.45, 7) is 2.69. The molecule has 0 saturated carbocycles. The third-order valence-corrected chi connectivity index (χ3v) is 2.50. The number of benzene rings is 1. The number of hydrogen-bond acceptors (Lipinski definition) is 2. The van der Waals surface area contributed by atoms with Crippen LogP contribution in [0.4, 0.5) is 10.5 Å². The Balaban J connectivity index is 2.06. The molecule has 0 radical (unpaired) electrons. The van der Waals surface area contributed by atoms with E-state index in [4.69, 9.17) is 4.74 Å². The van der Waals surface area contributed by atoms with Gasteiger partial charge in [-0.15, -0.1) is 0 Å². The lowest BCUT2D eigenvalue weighted by molar-refractivity contribution is 0.159. The van der Waals surface area contributed by atoms with Gasteiger partial charge in [0.1, 0.15) is 0 Å². The molecule has 17 heavy (non-hydrogen) atoms. The van der Waals surface area contributed by atoms with Gasteiger partial charge >= 0.3 is 6.09 Å². The van der Waals surface area contributed by atoms with E-state index in [1.54, 1.807) is 0 Å². The first-order chi connectivity index (χ1) is 8.33. The molecule has 0 spiro atoms. The molecule has 1 aromatic rings. The van der Waals surface area contributed by atoms with E-state index >= 15 is 0 Å². The molecule has 0 atom stereocenters. The summed E-state index contributed by atoms with van der Waals surface area (Å²) in [6, 6.07) is 9.33. The molecule has 0 bridgehead atoms. The number of rotatable bonds is 7. The zero-order valence-electron chi connectivity index (χ0n) is 10.4. The van der Waals surface area contributed by atoms with Crippen molar-refractivity contribution in [1.29, 1.82) is 0 Å². The molecule has 0 aliphatic rings. The van der Waals surface area contributed by atoms with E-state index in [9.17, 15) is 4.79 Å². The quantitative estimate of drug-likeness (QED) is 0.719. The lowest BCUT2D eigenvalue weighted by Gasteiger charge is -2.06. The van der Waals surface area contributed by atoms with Gasteiger partial charge in [-0.05, 0) is 18.6 Å². The van der Waals surface area contributed by atoms with Crippen molar-refractivity contribution in [2.45, 2.75) is 39.0 Å². The van der Waals surface area contributed by atoms with Crippen molar-refractivity contribution in [3.05, 3.63) is 30.3 Å². The van der Waals surface area contributed by atoms with Gasteiger partial charge in [0.15, 0.2) is 0 Å². The summed E-state index contributed by atoms with van der Waals surface area (Å²) in [4.78, 5) is 11.4. The van der Waals surface area contributed by atoms with Gasteiger partial charge in [0, 0.05) is 5.69 Å². The van der Waals surface area contributed by atoms with E-state index in [0.717, 1.165) is 18.5 Å². The average Bonchev–Trinajstić information content (AvgIpc) is 2.35. The van der Waals surface area contributed by atoms with Crippen molar-refractivity contribution in [2.75, 3.05) is 11.9 Å². The lowest BCUT2D eigenvalue weighted by atomic mass is 10.2. The molecule has 0 aromatic heterocycles. The fourth-order valence-electron chi connectivity index (χ4n) is 1.55. The summed E-state index contributed by atoms with van der Waals surface area (Å²) < 4.78 is 5.08. The van der Waals surface area contributed by atoms with Crippen molar-refractivity contribution < 1.29 is 9.53 Å².